The molecule has 7 nitrogen and oxygen atoms in total. The molecule has 1 N–H and O–H groups in total. The number of halogens is 1. The third-order valence-corrected chi connectivity index (χ3v) is 6.78. The molecule has 0 radical (unpaired) electrons. The first-order valence-corrected chi connectivity index (χ1v) is 10.7. The van der Waals surface area contributed by atoms with Crippen molar-refractivity contribution in [3.8, 4) is 5.75 Å². The van der Waals surface area contributed by atoms with Crippen molar-refractivity contribution in [1.82, 2.24) is 4.57 Å². The van der Waals surface area contributed by atoms with E-state index < -0.39 is 0 Å². The van der Waals surface area contributed by atoms with E-state index in [4.69, 9.17) is 4.74 Å². The zero-order valence-electron chi connectivity index (χ0n) is 15.3. The lowest BCUT2D eigenvalue weighted by atomic mass is 10.1. The summed E-state index contributed by atoms with van der Waals surface area (Å²) in [5.41, 5.74) is 2.54. The Balaban J connectivity index is 1.64. The highest BCUT2D eigenvalue weighted by Gasteiger charge is 2.28. The molecule has 0 bridgehead atoms. The molecule has 29 heavy (non-hydrogen) atoms. The van der Waals surface area contributed by atoms with Gasteiger partial charge in [-0.1, -0.05) is 11.3 Å². The van der Waals surface area contributed by atoms with E-state index in [-0.39, 0.29) is 11.5 Å². The summed E-state index contributed by atoms with van der Waals surface area (Å²) in [4.78, 5) is 33.1. The quantitative estimate of drug-likeness (QED) is 0.525. The first-order chi connectivity index (χ1) is 14.0. The average molecular weight is 518 g/mol. The van der Waals surface area contributed by atoms with Crippen LogP contribution in [-0.4, -0.2) is 24.3 Å². The van der Waals surface area contributed by atoms with Crippen molar-refractivity contribution in [2.24, 2.45) is 4.99 Å². The van der Waals surface area contributed by atoms with Crippen LogP contribution >= 0.6 is 33.9 Å². The van der Waals surface area contributed by atoms with Gasteiger partial charge in [0.05, 0.1) is 12.7 Å². The topological polar surface area (TPSA) is 75.9 Å². The van der Waals surface area contributed by atoms with Crippen LogP contribution in [0.2, 0.25) is 0 Å². The zero-order chi connectivity index (χ0) is 20.1. The van der Waals surface area contributed by atoms with Gasteiger partial charge in [0.25, 0.3) is 11.5 Å². The lowest BCUT2D eigenvalue weighted by Gasteiger charge is -2.25. The number of hydrogen-bond acceptors (Lipinski definition) is 6. The molecule has 2 aliphatic heterocycles. The van der Waals surface area contributed by atoms with Gasteiger partial charge in [0.2, 0.25) is 0 Å². The second kappa shape index (κ2) is 6.99. The molecule has 0 saturated heterocycles. The van der Waals surface area contributed by atoms with E-state index in [0.717, 1.165) is 9.26 Å². The van der Waals surface area contributed by atoms with Crippen LogP contribution < -0.4 is 29.8 Å². The number of rotatable bonds is 2. The number of amides is 1. The van der Waals surface area contributed by atoms with Crippen molar-refractivity contribution in [1.29, 1.82) is 0 Å². The average Bonchev–Trinajstić information content (AvgIpc) is 3.23. The third-order valence-electron chi connectivity index (χ3n) is 4.94. The highest BCUT2D eigenvalue weighted by atomic mass is 127. The Morgan fingerprint density at radius 3 is 2.72 bits per heavy atom. The number of anilines is 2. The maximum absolute atomic E-state index is 13.2. The molecule has 3 heterocycles. The minimum atomic E-state index is -0.279. The van der Waals surface area contributed by atoms with Gasteiger partial charge in [0, 0.05) is 20.5 Å². The van der Waals surface area contributed by atoms with Gasteiger partial charge in [0.15, 0.2) is 4.80 Å². The molecular weight excluding hydrogens is 503 g/mol. The summed E-state index contributed by atoms with van der Waals surface area (Å²) in [7, 11) is 1.57. The van der Waals surface area contributed by atoms with Gasteiger partial charge < -0.3 is 15.0 Å². The summed E-state index contributed by atoms with van der Waals surface area (Å²) in [6.45, 7) is 0.862. The van der Waals surface area contributed by atoms with Crippen molar-refractivity contribution < 1.29 is 9.53 Å². The number of benzene rings is 2. The Hall–Kier alpha value is -2.66. The van der Waals surface area contributed by atoms with Crippen LogP contribution in [0.4, 0.5) is 11.4 Å². The van der Waals surface area contributed by atoms with Crippen LogP contribution in [0.15, 0.2) is 52.3 Å². The van der Waals surface area contributed by atoms with E-state index in [1.54, 1.807) is 29.9 Å². The van der Waals surface area contributed by atoms with Crippen LogP contribution in [0, 0.1) is 3.57 Å². The van der Waals surface area contributed by atoms with Gasteiger partial charge in [-0.3, -0.25) is 14.2 Å². The molecule has 2 aliphatic rings. The summed E-state index contributed by atoms with van der Waals surface area (Å²) in [5.74, 6) is 0.354. The van der Waals surface area contributed by atoms with Gasteiger partial charge in [-0.15, -0.1) is 0 Å². The zero-order valence-corrected chi connectivity index (χ0v) is 18.3. The minimum absolute atomic E-state index is 0.204. The van der Waals surface area contributed by atoms with Gasteiger partial charge in [-0.25, -0.2) is 4.99 Å². The van der Waals surface area contributed by atoms with Crippen LogP contribution in [0.3, 0.4) is 0 Å². The van der Waals surface area contributed by atoms with Gasteiger partial charge in [0.1, 0.15) is 23.6 Å². The molecule has 146 valence electrons. The Bertz CT molecular complexity index is 1330. The summed E-state index contributed by atoms with van der Waals surface area (Å²) >= 11 is 3.52. The normalized spacial score (nSPS) is 16.8. The van der Waals surface area contributed by atoms with E-state index >= 15 is 0 Å². The van der Waals surface area contributed by atoms with E-state index in [0.29, 0.717) is 45.2 Å². The van der Waals surface area contributed by atoms with Crippen molar-refractivity contribution in [2.75, 3.05) is 24.0 Å². The number of nitrogens with zero attached hydrogens (tertiary/aromatic N) is 3. The molecule has 0 saturated carbocycles. The molecule has 1 amide bonds. The molecule has 3 aromatic rings. The molecule has 0 unspecified atom stereocenters. The number of methoxy groups -OCH3 is 1. The van der Waals surface area contributed by atoms with E-state index in [2.05, 4.69) is 32.9 Å². The molecular formula is C20H15IN4O3S. The molecule has 9 heteroatoms. The fraction of sp³-hybridized carbons (Fsp3) is 0.150. The van der Waals surface area contributed by atoms with Crippen LogP contribution in [0.1, 0.15) is 5.56 Å². The monoisotopic (exact) mass is 518 g/mol. The standard InChI is InChI=1S/C20H15IN4O3S/c1-28-13-6-7-15-14(8-13)16(18(26)23-15)17-19(27)25-10-24(9-22-20(25)29-17)12-4-2-11(21)3-5-12/h2-8H,9-10H2,1H3,(H,23,26). The maximum Gasteiger partial charge on any atom is 0.272 e. The van der Waals surface area contributed by atoms with Crippen molar-refractivity contribution in [3.05, 3.63) is 71.3 Å². The van der Waals surface area contributed by atoms with Crippen LogP contribution in [0.25, 0.3) is 5.57 Å². The number of ether oxygens (including phenoxy) is 1. The predicted octanol–water partition coefficient (Wildman–Crippen LogP) is 1.73. The molecule has 0 aliphatic carbocycles. The number of carbonyl (C=O) groups excluding carboxylic acids is 1. The van der Waals surface area contributed by atoms with Gasteiger partial charge in [-0.2, -0.15) is 0 Å². The Labute approximate surface area is 183 Å². The lowest BCUT2D eigenvalue weighted by Crippen LogP contribution is -2.43. The molecule has 0 atom stereocenters. The highest BCUT2D eigenvalue weighted by Crippen LogP contribution is 2.33. The number of thiazole rings is 1. The number of nitrogens with one attached hydrogen (secondary N) is 1. The van der Waals surface area contributed by atoms with E-state index in [1.165, 1.54) is 11.3 Å². The lowest BCUT2D eigenvalue weighted by molar-refractivity contribution is -0.110. The van der Waals surface area contributed by atoms with E-state index in [9.17, 15) is 9.59 Å². The largest absolute Gasteiger partial charge is 0.497 e. The number of fused-ring (bicyclic) bond motifs is 2. The third kappa shape index (κ3) is 3.04. The second-order valence-corrected chi connectivity index (χ2v) is 8.87. The predicted molar refractivity (Wildman–Crippen MR) is 120 cm³/mol. The van der Waals surface area contributed by atoms with Crippen LogP contribution in [-0.2, 0) is 11.5 Å². The number of carbonyl (C=O) groups is 1. The minimum Gasteiger partial charge on any atom is -0.497 e. The summed E-state index contributed by atoms with van der Waals surface area (Å²) in [5, 5.41) is 2.83. The first kappa shape index (κ1) is 18.4. The molecule has 5 rings (SSSR count). The number of aromatic nitrogens is 1. The fourth-order valence-electron chi connectivity index (χ4n) is 3.48. The molecule has 2 aromatic carbocycles. The summed E-state index contributed by atoms with van der Waals surface area (Å²) < 4.78 is 8.46. The molecule has 1 aromatic heterocycles. The first-order valence-electron chi connectivity index (χ1n) is 8.84. The summed E-state index contributed by atoms with van der Waals surface area (Å²) in [6.07, 6.45) is 0. The fourth-order valence-corrected chi connectivity index (χ4v) is 4.89. The second-order valence-electron chi connectivity index (χ2n) is 6.64. The van der Waals surface area contributed by atoms with Crippen LogP contribution in [0.5, 0.6) is 5.75 Å². The molecule has 0 spiro atoms. The summed E-state index contributed by atoms with van der Waals surface area (Å²) in [6, 6.07) is 13.4. The van der Waals surface area contributed by atoms with Crippen molar-refractivity contribution in [3.63, 3.8) is 0 Å². The Kier molecular flexibility index (Phi) is 4.43. The SMILES string of the molecule is COc1ccc2c(c1)C(=c1sc3n(c1=O)CN(c1ccc(I)cc1)CN=3)C(=O)N2. The Morgan fingerprint density at radius 2 is 1.97 bits per heavy atom. The van der Waals surface area contributed by atoms with E-state index in [1.807, 2.05) is 29.2 Å². The smallest absolute Gasteiger partial charge is 0.272 e. The highest BCUT2D eigenvalue weighted by molar-refractivity contribution is 14.1. The van der Waals surface area contributed by atoms with Crippen molar-refractivity contribution in [2.45, 2.75) is 6.67 Å². The Morgan fingerprint density at radius 1 is 1.17 bits per heavy atom. The van der Waals surface area contributed by atoms with Gasteiger partial charge in [-0.05, 0) is 65.1 Å². The maximum atomic E-state index is 13.2. The van der Waals surface area contributed by atoms with Gasteiger partial charge >= 0.3 is 0 Å². The molecule has 0 fully saturated rings. The number of hydrogen-bond donors (Lipinski definition) is 1. The van der Waals surface area contributed by atoms with Crippen molar-refractivity contribution >= 4 is 56.8 Å².